The highest BCUT2D eigenvalue weighted by Crippen LogP contribution is 2.28. The number of nitrogens with zero attached hydrogens (tertiary/aromatic N) is 4. The summed E-state index contributed by atoms with van der Waals surface area (Å²) < 4.78 is 39.1. The van der Waals surface area contributed by atoms with E-state index in [2.05, 4.69) is 31.0 Å². The van der Waals surface area contributed by atoms with Crippen LogP contribution < -0.4 is 0 Å². The standard InChI is InChI=1S/C15H10BrF3N4/c16-14-21-13(15(17,18)19)22-23(14)12-7-11(8-20-9-12)6-10-4-2-1-3-5-10/h1-5,7-9H,6H2. The molecule has 0 spiro atoms. The van der Waals surface area contributed by atoms with Crippen molar-refractivity contribution >= 4 is 15.9 Å². The summed E-state index contributed by atoms with van der Waals surface area (Å²) in [6.45, 7) is 0. The first-order valence-electron chi connectivity index (χ1n) is 6.61. The Morgan fingerprint density at radius 1 is 1.04 bits per heavy atom. The van der Waals surface area contributed by atoms with Crippen LogP contribution in [0.15, 0.2) is 53.5 Å². The number of benzene rings is 1. The van der Waals surface area contributed by atoms with Gasteiger partial charge in [0.1, 0.15) is 0 Å². The monoisotopic (exact) mass is 382 g/mol. The fourth-order valence-electron chi connectivity index (χ4n) is 2.10. The van der Waals surface area contributed by atoms with E-state index >= 15 is 0 Å². The largest absolute Gasteiger partial charge is 0.453 e. The van der Waals surface area contributed by atoms with Gasteiger partial charge in [0.2, 0.25) is 4.73 Å². The van der Waals surface area contributed by atoms with Gasteiger partial charge in [-0.05, 0) is 39.5 Å². The van der Waals surface area contributed by atoms with E-state index in [0.29, 0.717) is 12.1 Å². The Kier molecular flexibility index (Phi) is 4.16. The molecule has 8 heteroatoms. The van der Waals surface area contributed by atoms with Crippen molar-refractivity contribution in [3.05, 3.63) is 70.5 Å². The smallest absolute Gasteiger partial charge is 0.262 e. The summed E-state index contributed by atoms with van der Waals surface area (Å²) in [5.74, 6) is -1.20. The van der Waals surface area contributed by atoms with Crippen molar-refractivity contribution in [3.63, 3.8) is 0 Å². The van der Waals surface area contributed by atoms with Gasteiger partial charge < -0.3 is 0 Å². The Morgan fingerprint density at radius 2 is 1.78 bits per heavy atom. The molecule has 118 valence electrons. The van der Waals surface area contributed by atoms with Crippen LogP contribution in [0.3, 0.4) is 0 Å². The van der Waals surface area contributed by atoms with Crippen molar-refractivity contribution in [2.75, 3.05) is 0 Å². The third-order valence-corrected chi connectivity index (χ3v) is 3.61. The number of hydrogen-bond donors (Lipinski definition) is 0. The van der Waals surface area contributed by atoms with Crippen LogP contribution in [0.25, 0.3) is 5.69 Å². The Morgan fingerprint density at radius 3 is 2.43 bits per heavy atom. The first-order valence-corrected chi connectivity index (χ1v) is 7.41. The molecule has 0 saturated carbocycles. The molecular weight excluding hydrogens is 373 g/mol. The topological polar surface area (TPSA) is 43.6 Å². The van der Waals surface area contributed by atoms with E-state index in [-0.39, 0.29) is 4.73 Å². The number of halogens is 4. The normalized spacial score (nSPS) is 11.7. The lowest BCUT2D eigenvalue weighted by molar-refractivity contribution is -0.144. The van der Waals surface area contributed by atoms with E-state index in [0.717, 1.165) is 15.8 Å². The van der Waals surface area contributed by atoms with Crippen LogP contribution in [0.1, 0.15) is 17.0 Å². The molecule has 0 fully saturated rings. The molecule has 0 unspecified atom stereocenters. The molecule has 0 radical (unpaired) electrons. The van der Waals surface area contributed by atoms with Crippen LogP contribution in [0, 0.1) is 0 Å². The van der Waals surface area contributed by atoms with Crippen LogP contribution in [0.2, 0.25) is 0 Å². The van der Waals surface area contributed by atoms with Crippen molar-refractivity contribution < 1.29 is 13.2 Å². The zero-order chi connectivity index (χ0) is 16.4. The van der Waals surface area contributed by atoms with Crippen molar-refractivity contribution in [2.45, 2.75) is 12.6 Å². The third kappa shape index (κ3) is 3.58. The summed E-state index contributed by atoms with van der Waals surface area (Å²) in [4.78, 5) is 7.47. The molecular formula is C15H10BrF3N4. The third-order valence-electron chi connectivity index (χ3n) is 3.10. The molecule has 0 aliphatic heterocycles. The molecule has 0 aliphatic carbocycles. The van der Waals surface area contributed by atoms with Crippen molar-refractivity contribution in [3.8, 4) is 5.69 Å². The van der Waals surface area contributed by atoms with Gasteiger partial charge in [-0.3, -0.25) is 4.98 Å². The number of alkyl halides is 3. The highest BCUT2D eigenvalue weighted by Gasteiger charge is 2.37. The second-order valence-corrected chi connectivity index (χ2v) is 5.54. The van der Waals surface area contributed by atoms with Crippen molar-refractivity contribution in [2.24, 2.45) is 0 Å². The average Bonchev–Trinajstić information content (AvgIpc) is 2.91. The highest BCUT2D eigenvalue weighted by molar-refractivity contribution is 9.10. The molecule has 0 amide bonds. The van der Waals surface area contributed by atoms with Gasteiger partial charge in [0.05, 0.1) is 11.9 Å². The van der Waals surface area contributed by atoms with Gasteiger partial charge in [0.15, 0.2) is 0 Å². The Hall–Kier alpha value is -2.22. The van der Waals surface area contributed by atoms with E-state index in [1.165, 1.54) is 6.20 Å². The van der Waals surface area contributed by atoms with E-state index in [4.69, 9.17) is 0 Å². The molecule has 0 aliphatic rings. The van der Waals surface area contributed by atoms with Crippen molar-refractivity contribution in [1.29, 1.82) is 0 Å². The first kappa shape index (κ1) is 15.7. The number of pyridine rings is 1. The van der Waals surface area contributed by atoms with Crippen LogP contribution in [0.5, 0.6) is 0 Å². The molecule has 0 bridgehead atoms. The Balaban J connectivity index is 1.93. The van der Waals surface area contributed by atoms with E-state index < -0.39 is 12.0 Å². The molecule has 0 N–H and O–H groups in total. The van der Waals surface area contributed by atoms with Crippen LogP contribution >= 0.6 is 15.9 Å². The summed E-state index contributed by atoms with van der Waals surface area (Å²) in [5, 5.41) is 3.49. The number of rotatable bonds is 3. The average molecular weight is 383 g/mol. The quantitative estimate of drug-likeness (QED) is 0.686. The SMILES string of the molecule is FC(F)(F)c1nc(Br)n(-c2cncc(Cc3ccccc3)c2)n1. The number of aromatic nitrogens is 4. The van der Waals surface area contributed by atoms with Gasteiger partial charge >= 0.3 is 6.18 Å². The molecule has 3 rings (SSSR count). The van der Waals surface area contributed by atoms with E-state index in [9.17, 15) is 13.2 Å². The highest BCUT2D eigenvalue weighted by atomic mass is 79.9. The minimum absolute atomic E-state index is 0.0245. The maximum absolute atomic E-state index is 12.7. The zero-order valence-corrected chi connectivity index (χ0v) is 13.2. The fourth-order valence-corrected chi connectivity index (χ4v) is 2.55. The fraction of sp³-hybridized carbons (Fsp3) is 0.133. The van der Waals surface area contributed by atoms with Gasteiger partial charge in [0.25, 0.3) is 5.82 Å². The van der Waals surface area contributed by atoms with E-state index in [1.54, 1.807) is 12.3 Å². The molecule has 4 nitrogen and oxygen atoms in total. The maximum Gasteiger partial charge on any atom is 0.453 e. The Bertz CT molecular complexity index is 815. The molecule has 23 heavy (non-hydrogen) atoms. The minimum Gasteiger partial charge on any atom is -0.262 e. The Labute approximate surface area is 138 Å². The predicted octanol–water partition coefficient (Wildman–Crippen LogP) is 4.03. The van der Waals surface area contributed by atoms with Crippen molar-refractivity contribution in [1.82, 2.24) is 19.7 Å². The lowest BCUT2D eigenvalue weighted by Gasteiger charge is -2.05. The first-order chi connectivity index (χ1) is 10.9. The molecule has 0 atom stereocenters. The molecule has 2 heterocycles. The van der Waals surface area contributed by atoms with Crippen LogP contribution in [-0.2, 0) is 12.6 Å². The van der Waals surface area contributed by atoms with Gasteiger partial charge in [-0.2, -0.15) is 18.2 Å². The van der Waals surface area contributed by atoms with Crippen LogP contribution in [-0.4, -0.2) is 19.7 Å². The molecule has 0 saturated heterocycles. The molecule has 3 aromatic rings. The molecule has 2 aromatic heterocycles. The lowest BCUT2D eigenvalue weighted by atomic mass is 10.1. The summed E-state index contributed by atoms with van der Waals surface area (Å²) >= 11 is 3.00. The van der Waals surface area contributed by atoms with Gasteiger partial charge in [0, 0.05) is 6.20 Å². The summed E-state index contributed by atoms with van der Waals surface area (Å²) in [7, 11) is 0. The van der Waals surface area contributed by atoms with Gasteiger partial charge in [-0.25, -0.2) is 4.68 Å². The second-order valence-electron chi connectivity index (χ2n) is 4.83. The van der Waals surface area contributed by atoms with Crippen LogP contribution in [0.4, 0.5) is 13.2 Å². The zero-order valence-electron chi connectivity index (χ0n) is 11.6. The summed E-state index contributed by atoms with van der Waals surface area (Å²) in [5.41, 5.74) is 2.36. The second kappa shape index (κ2) is 6.11. The lowest BCUT2D eigenvalue weighted by Crippen LogP contribution is -2.08. The van der Waals surface area contributed by atoms with Gasteiger partial charge in [-0.15, -0.1) is 5.10 Å². The van der Waals surface area contributed by atoms with Gasteiger partial charge in [-0.1, -0.05) is 30.3 Å². The predicted molar refractivity (Wildman–Crippen MR) is 81.1 cm³/mol. The van der Waals surface area contributed by atoms with E-state index in [1.807, 2.05) is 30.3 Å². The minimum atomic E-state index is -4.59. The summed E-state index contributed by atoms with van der Waals surface area (Å²) in [6.07, 6.45) is -0.858. The number of hydrogen-bond acceptors (Lipinski definition) is 3. The molecule has 1 aromatic carbocycles. The maximum atomic E-state index is 12.7. The summed E-state index contributed by atoms with van der Waals surface area (Å²) in [6, 6.07) is 11.5.